The van der Waals surface area contributed by atoms with E-state index in [4.69, 9.17) is 4.98 Å². The Morgan fingerprint density at radius 3 is 2.59 bits per heavy atom. The number of H-pyrrole nitrogens is 1. The topological polar surface area (TPSA) is 82.2 Å². The van der Waals surface area contributed by atoms with Gasteiger partial charge in [0.25, 0.3) is 5.91 Å². The highest BCUT2D eigenvalue weighted by molar-refractivity contribution is 7.62. The molecule has 37 heavy (non-hydrogen) atoms. The van der Waals surface area contributed by atoms with Crippen LogP contribution in [0.3, 0.4) is 0 Å². The summed E-state index contributed by atoms with van der Waals surface area (Å²) < 4.78 is 12.2. The van der Waals surface area contributed by atoms with Crippen LogP contribution in [-0.2, 0) is 17.5 Å². The maximum Gasteiger partial charge on any atom is 0.253 e. The first-order chi connectivity index (χ1) is 17.6. The molecule has 1 N–H and O–H groups in total. The molecule has 0 fully saturated rings. The lowest BCUT2D eigenvalue weighted by Gasteiger charge is -2.30. The van der Waals surface area contributed by atoms with Gasteiger partial charge in [0, 0.05) is 62.8 Å². The van der Waals surface area contributed by atoms with Crippen LogP contribution >= 0.6 is 7.14 Å². The minimum Gasteiger partial charge on any atom is -0.345 e. The molecule has 192 valence electrons. The Bertz CT molecular complexity index is 1520. The number of benzene rings is 2. The van der Waals surface area contributed by atoms with Crippen LogP contribution in [0.15, 0.2) is 48.8 Å². The molecule has 5 rings (SSSR count). The predicted octanol–water partition coefficient (Wildman–Crippen LogP) is 5.28. The molecular formula is C29H34N5O2P. The number of nitrogens with zero attached hydrogens (tertiary/aromatic N) is 4. The first-order valence-corrected chi connectivity index (χ1v) is 15.4. The maximum absolute atomic E-state index is 12.3. The third kappa shape index (κ3) is 5.39. The minimum absolute atomic E-state index is 0.0210. The van der Waals surface area contributed by atoms with Crippen molar-refractivity contribution in [3.63, 3.8) is 0 Å². The number of hydrogen-bond donors (Lipinski definition) is 1. The normalized spacial score (nSPS) is 14.1. The third-order valence-electron chi connectivity index (χ3n) is 7.12. The fourth-order valence-electron chi connectivity index (χ4n) is 5.00. The number of aromatic nitrogens is 3. The number of nitrogens with one attached hydrogen (secondary N) is 1. The second-order valence-corrected chi connectivity index (χ2v) is 14.3. The predicted molar refractivity (Wildman–Crippen MR) is 151 cm³/mol. The van der Waals surface area contributed by atoms with Crippen molar-refractivity contribution in [2.75, 3.05) is 46.7 Å². The van der Waals surface area contributed by atoms with Crippen molar-refractivity contribution in [1.82, 2.24) is 24.8 Å². The third-order valence-corrected chi connectivity index (χ3v) is 8.39. The van der Waals surface area contributed by atoms with Crippen LogP contribution in [0, 0.1) is 6.92 Å². The summed E-state index contributed by atoms with van der Waals surface area (Å²) in [7, 11) is 1.48. The second kappa shape index (κ2) is 9.88. The number of carbonyl (C=O) groups is 1. The molecule has 0 unspecified atom stereocenters. The van der Waals surface area contributed by atoms with Crippen molar-refractivity contribution in [3.8, 4) is 22.4 Å². The van der Waals surface area contributed by atoms with Gasteiger partial charge in [-0.15, -0.1) is 0 Å². The van der Waals surface area contributed by atoms with Crippen LogP contribution in [0.25, 0.3) is 33.5 Å². The fourth-order valence-corrected chi connectivity index (χ4v) is 5.77. The van der Waals surface area contributed by atoms with Gasteiger partial charge < -0.3 is 14.4 Å². The number of aromatic amines is 1. The van der Waals surface area contributed by atoms with Gasteiger partial charge in [-0.3, -0.25) is 9.69 Å². The van der Waals surface area contributed by atoms with Crippen molar-refractivity contribution < 1.29 is 9.36 Å². The van der Waals surface area contributed by atoms with Gasteiger partial charge in [-0.25, -0.2) is 9.97 Å². The molecule has 0 saturated carbocycles. The SMILES string of the molecule is Cc1cc(-c2cnc3[nH]cc(-c4ccc(C(=O)N(C)C)cc4)c3n2)cc2c1CCN(CCP(C)(C)=O)C2. The summed E-state index contributed by atoms with van der Waals surface area (Å²) >= 11 is 0. The summed E-state index contributed by atoms with van der Waals surface area (Å²) in [6, 6.07) is 12.1. The van der Waals surface area contributed by atoms with E-state index in [0.717, 1.165) is 65.8 Å². The average molecular weight is 516 g/mol. The molecule has 7 nitrogen and oxygen atoms in total. The molecule has 4 aromatic rings. The van der Waals surface area contributed by atoms with E-state index in [9.17, 15) is 9.36 Å². The summed E-state index contributed by atoms with van der Waals surface area (Å²) in [5.41, 5.74) is 10.0. The van der Waals surface area contributed by atoms with Gasteiger partial charge in [0.1, 0.15) is 5.52 Å². The van der Waals surface area contributed by atoms with Crippen LogP contribution in [-0.4, -0.2) is 77.3 Å². The Morgan fingerprint density at radius 2 is 1.89 bits per heavy atom. The van der Waals surface area contributed by atoms with E-state index < -0.39 is 7.14 Å². The van der Waals surface area contributed by atoms with Crippen LogP contribution in [0.5, 0.6) is 0 Å². The summed E-state index contributed by atoms with van der Waals surface area (Å²) in [5, 5.41) is 0. The van der Waals surface area contributed by atoms with E-state index in [-0.39, 0.29) is 5.91 Å². The molecule has 8 heteroatoms. The zero-order valence-corrected chi connectivity index (χ0v) is 23.1. The van der Waals surface area contributed by atoms with Gasteiger partial charge in [-0.05, 0) is 73.2 Å². The van der Waals surface area contributed by atoms with E-state index in [1.165, 1.54) is 16.7 Å². The molecule has 0 saturated heterocycles. The summed E-state index contributed by atoms with van der Waals surface area (Å²) in [4.78, 5) is 29.2. The molecule has 3 heterocycles. The van der Waals surface area contributed by atoms with E-state index in [1.54, 1.807) is 19.0 Å². The highest BCUT2D eigenvalue weighted by atomic mass is 31.2. The maximum atomic E-state index is 12.3. The van der Waals surface area contributed by atoms with E-state index in [0.29, 0.717) is 5.56 Å². The summed E-state index contributed by atoms with van der Waals surface area (Å²) in [6.45, 7) is 8.65. The van der Waals surface area contributed by atoms with E-state index >= 15 is 0 Å². The lowest BCUT2D eigenvalue weighted by atomic mass is 9.92. The van der Waals surface area contributed by atoms with Crippen molar-refractivity contribution >= 4 is 24.2 Å². The van der Waals surface area contributed by atoms with Crippen LogP contribution in [0.4, 0.5) is 0 Å². The second-order valence-electron chi connectivity index (χ2n) is 10.7. The average Bonchev–Trinajstić information content (AvgIpc) is 3.29. The first kappa shape index (κ1) is 25.4. The number of fused-ring (bicyclic) bond motifs is 2. The lowest BCUT2D eigenvalue weighted by Crippen LogP contribution is -2.33. The lowest BCUT2D eigenvalue weighted by molar-refractivity contribution is 0.0827. The molecule has 2 aromatic carbocycles. The summed E-state index contributed by atoms with van der Waals surface area (Å²) in [5.74, 6) is -0.0210. The standard InChI is InChI=1S/C29H34N5O2P/c1-19-14-22(15-23-18-34(11-10-24(19)23)12-13-37(4,5)36)26-17-31-28-27(32-26)25(16-30-28)20-6-8-21(9-7-20)29(35)33(2)3/h6-9,14-17H,10-13,18H2,1-5H3,(H,30,31). The van der Waals surface area contributed by atoms with Crippen molar-refractivity contribution in [3.05, 3.63) is 71.0 Å². The van der Waals surface area contributed by atoms with Crippen LogP contribution in [0.2, 0.25) is 0 Å². The van der Waals surface area contributed by atoms with Gasteiger partial charge in [0.2, 0.25) is 0 Å². The van der Waals surface area contributed by atoms with E-state index in [2.05, 4.69) is 33.9 Å². The molecule has 0 bridgehead atoms. The number of rotatable bonds is 6. The molecule has 2 aromatic heterocycles. The van der Waals surface area contributed by atoms with Gasteiger partial charge in [-0.1, -0.05) is 12.1 Å². The Morgan fingerprint density at radius 1 is 1.14 bits per heavy atom. The highest BCUT2D eigenvalue weighted by Gasteiger charge is 2.21. The molecule has 1 amide bonds. The quantitative estimate of drug-likeness (QED) is 0.353. The largest absolute Gasteiger partial charge is 0.345 e. The van der Waals surface area contributed by atoms with Gasteiger partial charge >= 0.3 is 0 Å². The first-order valence-electron chi connectivity index (χ1n) is 12.6. The molecule has 1 aliphatic heterocycles. The Balaban J connectivity index is 1.46. The van der Waals surface area contributed by atoms with Crippen LogP contribution < -0.4 is 0 Å². The number of carbonyl (C=O) groups excluding carboxylic acids is 1. The molecule has 0 spiro atoms. The van der Waals surface area contributed by atoms with Gasteiger partial charge in [-0.2, -0.15) is 0 Å². The van der Waals surface area contributed by atoms with Crippen molar-refractivity contribution in [1.29, 1.82) is 0 Å². The smallest absolute Gasteiger partial charge is 0.253 e. The highest BCUT2D eigenvalue weighted by Crippen LogP contribution is 2.36. The fraction of sp³-hybridized carbons (Fsp3) is 0.345. The summed E-state index contributed by atoms with van der Waals surface area (Å²) in [6.07, 6.45) is 5.52. The van der Waals surface area contributed by atoms with Gasteiger partial charge in [0.05, 0.1) is 19.0 Å². The monoisotopic (exact) mass is 515 g/mol. The Hall–Kier alpha value is -3.28. The zero-order valence-electron chi connectivity index (χ0n) is 22.2. The molecule has 0 atom stereocenters. The number of aryl methyl sites for hydroxylation is 1. The van der Waals surface area contributed by atoms with Crippen molar-refractivity contribution in [2.24, 2.45) is 0 Å². The molecule has 0 radical (unpaired) electrons. The zero-order chi connectivity index (χ0) is 26.3. The number of amides is 1. The molecule has 1 aliphatic rings. The minimum atomic E-state index is -2.03. The molecule has 0 aliphatic carbocycles. The van der Waals surface area contributed by atoms with Gasteiger partial charge in [0.15, 0.2) is 5.65 Å². The molecular weight excluding hydrogens is 481 g/mol. The van der Waals surface area contributed by atoms with E-state index in [1.807, 2.05) is 50.0 Å². The van der Waals surface area contributed by atoms with Crippen molar-refractivity contribution in [2.45, 2.75) is 19.9 Å². The Labute approximate surface area is 218 Å². The number of hydrogen-bond acceptors (Lipinski definition) is 5. The van der Waals surface area contributed by atoms with Crippen LogP contribution in [0.1, 0.15) is 27.0 Å². The Kier molecular flexibility index (Phi) is 6.78.